The molecule has 0 unspecified atom stereocenters. The van der Waals surface area contributed by atoms with Crippen molar-refractivity contribution < 1.29 is 8.42 Å². The molecule has 0 aliphatic heterocycles. The van der Waals surface area contributed by atoms with Crippen molar-refractivity contribution in [2.75, 3.05) is 0 Å². The fraction of sp³-hybridized carbons (Fsp3) is 0.400. The molecule has 252 valence electrons. The maximum atomic E-state index is 15.4. The van der Waals surface area contributed by atoms with Gasteiger partial charge in [-0.25, -0.2) is 8.42 Å². The van der Waals surface area contributed by atoms with E-state index in [9.17, 15) is 0 Å². The third-order valence-corrected chi connectivity index (χ3v) is 12.3. The largest absolute Gasteiger partial charge is 0.218 e. The van der Waals surface area contributed by atoms with Gasteiger partial charge in [0.25, 0.3) is 0 Å². The van der Waals surface area contributed by atoms with Crippen molar-refractivity contribution in [3.05, 3.63) is 102 Å². The van der Waals surface area contributed by atoms with E-state index in [1.807, 2.05) is 48.5 Å². The Kier molecular flexibility index (Phi) is 13.7. The maximum Gasteiger partial charge on any atom is 0.207 e. The molecule has 0 heterocycles. The molecule has 0 radical (unpaired) electrons. The lowest BCUT2D eigenvalue weighted by Crippen LogP contribution is -2.11. The summed E-state index contributed by atoms with van der Waals surface area (Å²) < 4.78 is 32.7. The predicted octanol–water partition coefficient (Wildman–Crippen LogP) is 13.8. The molecule has 0 bridgehead atoms. The second-order valence-corrected chi connectivity index (χ2v) is 17.8. The van der Waals surface area contributed by atoms with E-state index in [0.29, 0.717) is 31.7 Å². The van der Waals surface area contributed by atoms with Crippen LogP contribution in [0, 0.1) is 11.8 Å². The van der Waals surface area contributed by atoms with Crippen molar-refractivity contribution in [2.24, 2.45) is 11.8 Å². The van der Waals surface area contributed by atoms with Crippen LogP contribution in [0.3, 0.4) is 0 Å². The summed E-state index contributed by atoms with van der Waals surface area (Å²) in [6.45, 7) is 13.0. The average molecular weight is 822 g/mol. The molecule has 0 atom stereocenters. The first-order valence-corrected chi connectivity index (χ1v) is 20.6. The fourth-order valence-corrected chi connectivity index (χ4v) is 9.57. The zero-order valence-corrected chi connectivity index (χ0v) is 33.8. The lowest BCUT2D eigenvalue weighted by Gasteiger charge is -2.24. The molecular formula is C40H46Br2Cl2O2S. The Bertz CT molecular complexity index is 1700. The minimum atomic E-state index is -4.04. The number of benzene rings is 4. The van der Waals surface area contributed by atoms with Gasteiger partial charge in [-0.3, -0.25) is 0 Å². The molecule has 0 aliphatic carbocycles. The van der Waals surface area contributed by atoms with Crippen molar-refractivity contribution in [1.29, 1.82) is 0 Å². The maximum absolute atomic E-state index is 15.4. The second kappa shape index (κ2) is 16.9. The zero-order chi connectivity index (χ0) is 34.5. The van der Waals surface area contributed by atoms with Gasteiger partial charge in [-0.2, -0.15) is 0 Å². The zero-order valence-electron chi connectivity index (χ0n) is 28.3. The summed E-state index contributed by atoms with van der Waals surface area (Å²) in [6.07, 6.45) is 6.94. The van der Waals surface area contributed by atoms with Crippen molar-refractivity contribution in [3.63, 3.8) is 0 Å². The van der Waals surface area contributed by atoms with Gasteiger partial charge in [0.2, 0.25) is 9.84 Å². The molecule has 0 aromatic heterocycles. The smallest absolute Gasteiger partial charge is 0.207 e. The van der Waals surface area contributed by atoms with Gasteiger partial charge in [0.05, 0.1) is 9.79 Å². The Balaban J connectivity index is 2.14. The summed E-state index contributed by atoms with van der Waals surface area (Å²) in [6, 6.07) is 19.1. The van der Waals surface area contributed by atoms with Crippen LogP contribution in [0.4, 0.5) is 0 Å². The highest BCUT2D eigenvalue weighted by molar-refractivity contribution is 9.10. The third kappa shape index (κ3) is 8.94. The minimum absolute atomic E-state index is 0.323. The topological polar surface area (TPSA) is 34.1 Å². The number of halogens is 4. The number of rotatable bonds is 14. The summed E-state index contributed by atoms with van der Waals surface area (Å²) >= 11 is 20.7. The lowest BCUT2D eigenvalue weighted by molar-refractivity contribution is 0.596. The summed E-state index contributed by atoms with van der Waals surface area (Å²) in [5.41, 5.74) is 7.50. The number of unbranched alkanes of at least 4 members (excludes halogenated alkanes) is 2. The van der Waals surface area contributed by atoms with Gasteiger partial charge in [-0.1, -0.05) is 122 Å². The molecule has 0 aliphatic rings. The van der Waals surface area contributed by atoms with Gasteiger partial charge >= 0.3 is 0 Å². The van der Waals surface area contributed by atoms with Crippen LogP contribution >= 0.6 is 55.1 Å². The van der Waals surface area contributed by atoms with Gasteiger partial charge < -0.3 is 0 Å². The summed E-state index contributed by atoms with van der Waals surface area (Å²) in [4.78, 5) is 0.645. The van der Waals surface area contributed by atoms with E-state index in [1.165, 1.54) is 0 Å². The van der Waals surface area contributed by atoms with Crippen LogP contribution in [0.2, 0.25) is 10.0 Å². The normalized spacial score (nSPS) is 12.0. The quantitative estimate of drug-likeness (QED) is 0.127. The monoisotopic (exact) mass is 818 g/mol. The van der Waals surface area contributed by atoms with Crippen LogP contribution in [0.25, 0.3) is 22.3 Å². The third-order valence-electron chi connectivity index (χ3n) is 8.50. The van der Waals surface area contributed by atoms with E-state index in [4.69, 9.17) is 23.2 Å². The van der Waals surface area contributed by atoms with Crippen LogP contribution in [0.15, 0.2) is 79.4 Å². The summed E-state index contributed by atoms with van der Waals surface area (Å²) in [7, 11) is -4.04. The van der Waals surface area contributed by atoms with Crippen LogP contribution in [-0.2, 0) is 35.5 Å². The van der Waals surface area contributed by atoms with Crippen LogP contribution in [0.1, 0.15) is 89.5 Å². The molecule has 4 aromatic carbocycles. The summed E-state index contributed by atoms with van der Waals surface area (Å²) in [5, 5.41) is 1.30. The standard InChI is InChI=1S/C40H46Br2Cl2O2S/c1-7-9-11-33-35(41)17-19-37(39(33)31-15-13-29(43)23-27(31)21-25(3)4)47(45,46)38-20-18-36(42)34(12-10-8-2)40(38)32-16-14-30(44)24-28(32)22-26(5)6/h13-20,23-26H,7-12,21-22H2,1-6H3. The molecule has 0 N–H and O–H groups in total. The highest BCUT2D eigenvalue weighted by Gasteiger charge is 2.31. The number of sulfone groups is 1. The van der Waals surface area contributed by atoms with E-state index in [0.717, 1.165) is 105 Å². The molecule has 2 nitrogen and oxygen atoms in total. The van der Waals surface area contributed by atoms with Gasteiger partial charge in [-0.15, -0.1) is 0 Å². The Labute approximate surface area is 309 Å². The van der Waals surface area contributed by atoms with Crippen molar-refractivity contribution >= 4 is 64.9 Å². The molecule has 0 amide bonds. The van der Waals surface area contributed by atoms with Crippen LogP contribution in [-0.4, -0.2) is 8.42 Å². The highest BCUT2D eigenvalue weighted by Crippen LogP contribution is 2.45. The Morgan fingerprint density at radius 3 is 1.34 bits per heavy atom. The van der Waals surface area contributed by atoms with Gasteiger partial charge in [0.1, 0.15) is 0 Å². The van der Waals surface area contributed by atoms with Crippen LogP contribution < -0.4 is 0 Å². The SMILES string of the molecule is CCCCc1c(Br)ccc(S(=O)(=O)c2ccc(Br)c(CCCC)c2-c2ccc(Cl)cc2CC(C)C)c1-c1ccc(Cl)cc1CC(C)C. The second-order valence-electron chi connectivity index (χ2n) is 13.3. The number of hydrogen-bond donors (Lipinski definition) is 0. The molecular weight excluding hydrogens is 775 g/mol. The lowest BCUT2D eigenvalue weighted by atomic mass is 9.89. The van der Waals surface area contributed by atoms with Crippen molar-refractivity contribution in [3.8, 4) is 22.3 Å². The molecule has 7 heteroatoms. The van der Waals surface area contributed by atoms with Gasteiger partial charge in [0.15, 0.2) is 0 Å². The first kappa shape index (κ1) is 38.2. The Morgan fingerprint density at radius 1 is 0.617 bits per heavy atom. The van der Waals surface area contributed by atoms with E-state index >= 15 is 8.42 Å². The van der Waals surface area contributed by atoms with E-state index in [-0.39, 0.29) is 0 Å². The molecule has 4 aromatic rings. The first-order chi connectivity index (χ1) is 22.3. The number of hydrogen-bond acceptors (Lipinski definition) is 2. The molecule has 0 fully saturated rings. The Morgan fingerprint density at radius 2 is 1.00 bits per heavy atom. The van der Waals surface area contributed by atoms with E-state index < -0.39 is 9.84 Å². The predicted molar refractivity (Wildman–Crippen MR) is 209 cm³/mol. The van der Waals surface area contributed by atoms with E-state index in [1.54, 1.807) is 12.1 Å². The highest BCUT2D eigenvalue weighted by atomic mass is 79.9. The molecule has 4 rings (SSSR count). The molecule has 0 saturated carbocycles. The first-order valence-electron chi connectivity index (χ1n) is 16.7. The average Bonchev–Trinajstić information content (AvgIpc) is 2.99. The minimum Gasteiger partial charge on any atom is -0.218 e. The summed E-state index contributed by atoms with van der Waals surface area (Å²) in [5.74, 6) is 0.726. The molecule has 0 saturated heterocycles. The van der Waals surface area contributed by atoms with Crippen LogP contribution in [0.5, 0.6) is 0 Å². The van der Waals surface area contributed by atoms with Gasteiger partial charge in [0, 0.05) is 30.1 Å². The fourth-order valence-electron chi connectivity index (χ4n) is 6.38. The molecule has 47 heavy (non-hydrogen) atoms. The molecule has 0 spiro atoms. The van der Waals surface area contributed by atoms with Gasteiger partial charge in [-0.05, 0) is 132 Å². The Hall–Kier alpha value is -1.63. The van der Waals surface area contributed by atoms with Crippen molar-refractivity contribution in [2.45, 2.75) is 103 Å². The van der Waals surface area contributed by atoms with Crippen molar-refractivity contribution in [1.82, 2.24) is 0 Å². The van der Waals surface area contributed by atoms with E-state index in [2.05, 4.69) is 73.4 Å².